The summed E-state index contributed by atoms with van der Waals surface area (Å²) in [5.74, 6) is 2.49. The number of hydrogen-bond acceptors (Lipinski definition) is 3. The van der Waals surface area contributed by atoms with Crippen LogP contribution < -0.4 is 15.8 Å². The smallest absolute Gasteiger partial charge is 0.121 e. The number of anilines is 2. The summed E-state index contributed by atoms with van der Waals surface area (Å²) in [5, 5.41) is 3.40. The number of nitrogen functional groups attached to an aromatic ring is 1. The van der Waals surface area contributed by atoms with E-state index < -0.39 is 0 Å². The zero-order chi connectivity index (χ0) is 11.5. The number of benzene rings is 1. The van der Waals surface area contributed by atoms with Crippen LogP contribution in [0.4, 0.5) is 11.4 Å². The third kappa shape index (κ3) is 2.60. The van der Waals surface area contributed by atoms with E-state index in [2.05, 4.69) is 12.2 Å². The molecule has 3 N–H and O–H groups in total. The van der Waals surface area contributed by atoms with Crippen molar-refractivity contribution in [2.24, 2.45) is 11.8 Å². The molecule has 0 radical (unpaired) electrons. The highest BCUT2D eigenvalue weighted by molar-refractivity contribution is 5.68. The molecule has 1 fully saturated rings. The van der Waals surface area contributed by atoms with E-state index in [-0.39, 0.29) is 0 Å². The molecule has 88 valence electrons. The molecule has 1 unspecified atom stereocenters. The van der Waals surface area contributed by atoms with E-state index in [1.807, 2.05) is 18.2 Å². The topological polar surface area (TPSA) is 47.3 Å². The SMILES string of the molecule is COc1ccc(N)c(NCC(C)C2CC2)c1. The second kappa shape index (κ2) is 4.64. The first kappa shape index (κ1) is 11.1. The lowest BCUT2D eigenvalue weighted by molar-refractivity contribution is 0.415. The summed E-state index contributed by atoms with van der Waals surface area (Å²) < 4.78 is 5.18. The van der Waals surface area contributed by atoms with Crippen molar-refractivity contribution in [3.8, 4) is 5.75 Å². The van der Waals surface area contributed by atoms with Gasteiger partial charge >= 0.3 is 0 Å². The van der Waals surface area contributed by atoms with Crippen LogP contribution in [0.2, 0.25) is 0 Å². The highest BCUT2D eigenvalue weighted by Gasteiger charge is 2.27. The van der Waals surface area contributed by atoms with Crippen LogP contribution in [0.25, 0.3) is 0 Å². The number of nitrogens with one attached hydrogen (secondary N) is 1. The predicted molar refractivity (Wildman–Crippen MR) is 67.8 cm³/mol. The Balaban J connectivity index is 1.96. The van der Waals surface area contributed by atoms with Gasteiger partial charge in [0.15, 0.2) is 0 Å². The first-order chi connectivity index (χ1) is 7.70. The molecule has 1 aromatic rings. The van der Waals surface area contributed by atoms with Gasteiger partial charge in [0.1, 0.15) is 5.75 Å². The molecule has 0 aromatic heterocycles. The summed E-state index contributed by atoms with van der Waals surface area (Å²) in [4.78, 5) is 0. The molecule has 3 heteroatoms. The van der Waals surface area contributed by atoms with E-state index in [0.29, 0.717) is 0 Å². The molecule has 1 atom stereocenters. The minimum Gasteiger partial charge on any atom is -0.497 e. The van der Waals surface area contributed by atoms with Crippen LogP contribution in [0.15, 0.2) is 18.2 Å². The van der Waals surface area contributed by atoms with Crippen LogP contribution in [-0.4, -0.2) is 13.7 Å². The molecular weight excluding hydrogens is 200 g/mol. The van der Waals surface area contributed by atoms with Gasteiger partial charge in [-0.2, -0.15) is 0 Å². The lowest BCUT2D eigenvalue weighted by Gasteiger charge is -2.14. The molecule has 0 heterocycles. The van der Waals surface area contributed by atoms with Gasteiger partial charge in [0.25, 0.3) is 0 Å². The summed E-state index contributed by atoms with van der Waals surface area (Å²) in [6.07, 6.45) is 2.77. The van der Waals surface area contributed by atoms with E-state index in [1.165, 1.54) is 12.8 Å². The lowest BCUT2D eigenvalue weighted by atomic mass is 10.1. The minimum absolute atomic E-state index is 0.727. The van der Waals surface area contributed by atoms with Gasteiger partial charge in [-0.25, -0.2) is 0 Å². The maximum atomic E-state index is 5.90. The molecular formula is C13H20N2O. The third-order valence-corrected chi connectivity index (χ3v) is 3.30. The van der Waals surface area contributed by atoms with E-state index in [1.54, 1.807) is 7.11 Å². The molecule has 16 heavy (non-hydrogen) atoms. The van der Waals surface area contributed by atoms with Crippen molar-refractivity contribution < 1.29 is 4.74 Å². The summed E-state index contributed by atoms with van der Waals surface area (Å²) in [6, 6.07) is 5.71. The number of hydrogen-bond donors (Lipinski definition) is 2. The Kier molecular flexibility index (Phi) is 3.22. The van der Waals surface area contributed by atoms with Crippen molar-refractivity contribution in [3.63, 3.8) is 0 Å². The van der Waals surface area contributed by atoms with Crippen molar-refractivity contribution in [1.82, 2.24) is 0 Å². The fraction of sp³-hybridized carbons (Fsp3) is 0.538. The van der Waals surface area contributed by atoms with E-state index in [9.17, 15) is 0 Å². The van der Waals surface area contributed by atoms with Gasteiger partial charge in [-0.3, -0.25) is 0 Å². The van der Waals surface area contributed by atoms with Crippen molar-refractivity contribution in [2.75, 3.05) is 24.7 Å². The van der Waals surface area contributed by atoms with E-state index in [4.69, 9.17) is 10.5 Å². The minimum atomic E-state index is 0.727. The lowest BCUT2D eigenvalue weighted by Crippen LogP contribution is -2.13. The first-order valence-corrected chi connectivity index (χ1v) is 5.88. The Bertz CT molecular complexity index is 361. The van der Waals surface area contributed by atoms with Crippen molar-refractivity contribution in [3.05, 3.63) is 18.2 Å². The number of ether oxygens (including phenoxy) is 1. The molecule has 0 saturated heterocycles. The largest absolute Gasteiger partial charge is 0.497 e. The zero-order valence-electron chi connectivity index (χ0n) is 9.99. The molecule has 0 spiro atoms. The van der Waals surface area contributed by atoms with Gasteiger partial charge in [0.2, 0.25) is 0 Å². The Hall–Kier alpha value is -1.38. The Morgan fingerprint density at radius 1 is 1.50 bits per heavy atom. The summed E-state index contributed by atoms with van der Waals surface area (Å²) in [5.41, 5.74) is 7.66. The first-order valence-electron chi connectivity index (χ1n) is 5.88. The number of methoxy groups -OCH3 is 1. The highest BCUT2D eigenvalue weighted by Crippen LogP contribution is 2.36. The van der Waals surface area contributed by atoms with E-state index in [0.717, 1.165) is 35.5 Å². The van der Waals surface area contributed by atoms with Crippen LogP contribution in [0.3, 0.4) is 0 Å². The van der Waals surface area contributed by atoms with Crippen molar-refractivity contribution in [1.29, 1.82) is 0 Å². The van der Waals surface area contributed by atoms with Crippen molar-refractivity contribution >= 4 is 11.4 Å². The molecule has 0 bridgehead atoms. The average Bonchev–Trinajstić information content (AvgIpc) is 3.11. The molecule has 0 amide bonds. The second-order valence-corrected chi connectivity index (χ2v) is 4.65. The van der Waals surface area contributed by atoms with Crippen molar-refractivity contribution in [2.45, 2.75) is 19.8 Å². The van der Waals surface area contributed by atoms with E-state index >= 15 is 0 Å². The summed E-state index contributed by atoms with van der Waals surface area (Å²) >= 11 is 0. The van der Waals surface area contributed by atoms with Crippen LogP contribution >= 0.6 is 0 Å². The molecule has 2 rings (SSSR count). The standard InChI is InChI=1S/C13H20N2O/c1-9(10-3-4-10)8-15-13-7-11(16-2)5-6-12(13)14/h5-7,9-10,15H,3-4,8,14H2,1-2H3. The zero-order valence-corrected chi connectivity index (χ0v) is 9.99. The summed E-state index contributed by atoms with van der Waals surface area (Å²) in [7, 11) is 1.67. The maximum Gasteiger partial charge on any atom is 0.121 e. The average molecular weight is 220 g/mol. The van der Waals surface area contributed by atoms with Crippen LogP contribution in [-0.2, 0) is 0 Å². The Morgan fingerprint density at radius 2 is 2.25 bits per heavy atom. The molecule has 1 aliphatic rings. The molecule has 1 aliphatic carbocycles. The maximum absolute atomic E-state index is 5.90. The molecule has 1 aromatic carbocycles. The molecule has 1 saturated carbocycles. The molecule has 0 aliphatic heterocycles. The fourth-order valence-electron chi connectivity index (χ4n) is 1.92. The van der Waals surface area contributed by atoms with Gasteiger partial charge in [-0.1, -0.05) is 6.92 Å². The van der Waals surface area contributed by atoms with Crippen LogP contribution in [0, 0.1) is 11.8 Å². The Morgan fingerprint density at radius 3 is 2.88 bits per heavy atom. The Labute approximate surface area is 97.0 Å². The molecule has 3 nitrogen and oxygen atoms in total. The summed E-state index contributed by atoms with van der Waals surface area (Å²) in [6.45, 7) is 3.28. The van der Waals surface area contributed by atoms with Gasteiger partial charge in [-0.05, 0) is 36.8 Å². The van der Waals surface area contributed by atoms with Crippen LogP contribution in [0.1, 0.15) is 19.8 Å². The predicted octanol–water partition coefficient (Wildman–Crippen LogP) is 2.74. The quantitative estimate of drug-likeness (QED) is 0.750. The highest BCUT2D eigenvalue weighted by atomic mass is 16.5. The second-order valence-electron chi connectivity index (χ2n) is 4.65. The monoisotopic (exact) mass is 220 g/mol. The van der Waals surface area contributed by atoms with Gasteiger partial charge in [-0.15, -0.1) is 0 Å². The number of rotatable bonds is 5. The normalized spacial score (nSPS) is 16.9. The number of nitrogens with two attached hydrogens (primary N) is 1. The fourth-order valence-corrected chi connectivity index (χ4v) is 1.92. The van der Waals surface area contributed by atoms with Crippen LogP contribution in [0.5, 0.6) is 5.75 Å². The van der Waals surface area contributed by atoms with Gasteiger partial charge in [0.05, 0.1) is 18.5 Å². The third-order valence-electron chi connectivity index (χ3n) is 3.30. The van der Waals surface area contributed by atoms with Gasteiger partial charge in [0, 0.05) is 12.6 Å². The van der Waals surface area contributed by atoms with Gasteiger partial charge < -0.3 is 15.8 Å².